The number of epoxide rings is 1. The smallest absolute Gasteiger partial charge is 0.303 e. The average molecular weight is 328 g/mol. The molecule has 4 unspecified atom stereocenters. The van der Waals surface area contributed by atoms with Crippen LogP contribution in [-0.4, -0.2) is 35.0 Å². The minimum Gasteiger partial charge on any atom is -0.481 e. The SMILES string of the molecule is CCCC(C)(C)CC(C)(CCC)NC1OC1C(N)CCC(=O)O. The molecule has 0 aromatic carbocycles. The van der Waals surface area contributed by atoms with E-state index in [1.165, 1.54) is 12.8 Å². The molecule has 5 heteroatoms. The van der Waals surface area contributed by atoms with Crippen molar-refractivity contribution in [3.63, 3.8) is 0 Å². The van der Waals surface area contributed by atoms with Gasteiger partial charge in [0.2, 0.25) is 0 Å². The van der Waals surface area contributed by atoms with Crippen LogP contribution in [0.25, 0.3) is 0 Å². The predicted molar refractivity (Wildman–Crippen MR) is 93.3 cm³/mol. The van der Waals surface area contributed by atoms with Crippen LogP contribution in [0.2, 0.25) is 0 Å². The van der Waals surface area contributed by atoms with Crippen LogP contribution in [-0.2, 0) is 9.53 Å². The highest BCUT2D eigenvalue weighted by atomic mass is 16.6. The van der Waals surface area contributed by atoms with E-state index < -0.39 is 5.97 Å². The van der Waals surface area contributed by atoms with Crippen molar-refractivity contribution in [3.05, 3.63) is 0 Å². The fourth-order valence-electron chi connectivity index (χ4n) is 3.95. The molecule has 0 spiro atoms. The second kappa shape index (κ2) is 8.45. The lowest BCUT2D eigenvalue weighted by atomic mass is 9.74. The zero-order chi connectivity index (χ0) is 17.7. The summed E-state index contributed by atoms with van der Waals surface area (Å²) in [5, 5.41) is 12.4. The molecule has 4 atom stereocenters. The van der Waals surface area contributed by atoms with Crippen molar-refractivity contribution in [2.24, 2.45) is 11.1 Å². The zero-order valence-electron chi connectivity index (χ0n) is 15.5. The molecule has 1 heterocycles. The quantitative estimate of drug-likeness (QED) is 0.479. The van der Waals surface area contributed by atoms with Crippen molar-refractivity contribution in [3.8, 4) is 0 Å². The van der Waals surface area contributed by atoms with Crippen LogP contribution in [0, 0.1) is 5.41 Å². The molecule has 5 nitrogen and oxygen atoms in total. The number of rotatable bonds is 12. The van der Waals surface area contributed by atoms with E-state index in [4.69, 9.17) is 15.6 Å². The van der Waals surface area contributed by atoms with Crippen LogP contribution < -0.4 is 11.1 Å². The number of hydrogen-bond acceptors (Lipinski definition) is 4. The van der Waals surface area contributed by atoms with Crippen LogP contribution in [0.4, 0.5) is 0 Å². The van der Waals surface area contributed by atoms with Gasteiger partial charge in [0.05, 0.1) is 0 Å². The van der Waals surface area contributed by atoms with E-state index in [-0.39, 0.29) is 30.3 Å². The van der Waals surface area contributed by atoms with Gasteiger partial charge in [0.25, 0.3) is 0 Å². The third-order valence-electron chi connectivity index (χ3n) is 4.73. The molecule has 0 saturated carbocycles. The molecule has 0 radical (unpaired) electrons. The summed E-state index contributed by atoms with van der Waals surface area (Å²) in [6.07, 6.45) is 6.18. The third-order valence-corrected chi connectivity index (χ3v) is 4.73. The van der Waals surface area contributed by atoms with Gasteiger partial charge in [-0.25, -0.2) is 0 Å². The van der Waals surface area contributed by atoms with Gasteiger partial charge in [0.1, 0.15) is 12.3 Å². The van der Waals surface area contributed by atoms with Crippen LogP contribution in [0.15, 0.2) is 0 Å². The summed E-state index contributed by atoms with van der Waals surface area (Å²) in [4.78, 5) is 10.6. The minimum absolute atomic E-state index is 0.0271. The van der Waals surface area contributed by atoms with Crippen molar-refractivity contribution in [1.29, 1.82) is 0 Å². The lowest BCUT2D eigenvalue weighted by Gasteiger charge is -2.38. The van der Waals surface area contributed by atoms with Crippen molar-refractivity contribution >= 4 is 5.97 Å². The summed E-state index contributed by atoms with van der Waals surface area (Å²) in [6, 6.07) is -0.210. The Morgan fingerprint density at radius 3 is 2.39 bits per heavy atom. The summed E-state index contributed by atoms with van der Waals surface area (Å²) in [5.74, 6) is -0.803. The Bertz CT molecular complexity index is 386. The van der Waals surface area contributed by atoms with Gasteiger partial charge in [0.15, 0.2) is 0 Å². The fraction of sp³-hybridized carbons (Fsp3) is 0.944. The minimum atomic E-state index is -0.803. The molecule has 1 fully saturated rings. The van der Waals surface area contributed by atoms with E-state index in [2.05, 4.69) is 39.9 Å². The van der Waals surface area contributed by atoms with E-state index in [1.54, 1.807) is 0 Å². The number of aliphatic carboxylic acids is 1. The van der Waals surface area contributed by atoms with Gasteiger partial charge in [-0.05, 0) is 38.0 Å². The molecule has 0 aromatic heterocycles. The highest BCUT2D eigenvalue weighted by Gasteiger charge is 2.47. The molecule has 4 N–H and O–H groups in total. The van der Waals surface area contributed by atoms with Gasteiger partial charge in [-0.1, -0.05) is 40.5 Å². The van der Waals surface area contributed by atoms with Crippen molar-refractivity contribution < 1.29 is 14.6 Å². The number of carboxylic acids is 1. The lowest BCUT2D eigenvalue weighted by molar-refractivity contribution is -0.137. The molecule has 1 saturated heterocycles. The van der Waals surface area contributed by atoms with Crippen molar-refractivity contribution in [1.82, 2.24) is 5.32 Å². The van der Waals surface area contributed by atoms with Gasteiger partial charge in [-0.3, -0.25) is 10.1 Å². The van der Waals surface area contributed by atoms with Crippen molar-refractivity contribution in [2.75, 3.05) is 0 Å². The Morgan fingerprint density at radius 2 is 1.87 bits per heavy atom. The second-order valence-electron chi connectivity index (χ2n) is 8.16. The summed E-state index contributed by atoms with van der Waals surface area (Å²) < 4.78 is 5.70. The second-order valence-corrected chi connectivity index (χ2v) is 8.16. The Morgan fingerprint density at radius 1 is 1.26 bits per heavy atom. The number of carboxylic acid groups (broad SMARTS) is 1. The molecule has 0 amide bonds. The lowest BCUT2D eigenvalue weighted by Crippen LogP contribution is -2.48. The van der Waals surface area contributed by atoms with Crippen LogP contribution in [0.3, 0.4) is 0 Å². The maximum absolute atomic E-state index is 10.6. The standard InChI is InChI=1S/C18H36N2O3/c1-6-10-17(3,4)12-18(5,11-7-2)20-16-15(23-16)13(19)8-9-14(21)22/h13,15-16,20H,6-12,19H2,1-5H3,(H,21,22). The first-order valence-electron chi connectivity index (χ1n) is 9.03. The first kappa shape index (κ1) is 20.4. The summed E-state index contributed by atoms with van der Waals surface area (Å²) in [5.41, 5.74) is 6.38. The topological polar surface area (TPSA) is 87.9 Å². The number of nitrogens with two attached hydrogens (primary N) is 1. The van der Waals surface area contributed by atoms with E-state index >= 15 is 0 Å². The molecule has 1 rings (SSSR count). The zero-order valence-corrected chi connectivity index (χ0v) is 15.5. The summed E-state index contributed by atoms with van der Waals surface area (Å²) in [6.45, 7) is 11.4. The first-order chi connectivity index (χ1) is 10.6. The van der Waals surface area contributed by atoms with Gasteiger partial charge < -0.3 is 15.6 Å². The van der Waals surface area contributed by atoms with Crippen LogP contribution in [0.5, 0.6) is 0 Å². The summed E-state index contributed by atoms with van der Waals surface area (Å²) >= 11 is 0. The largest absolute Gasteiger partial charge is 0.481 e. The molecule has 0 aromatic rings. The van der Waals surface area contributed by atoms with Crippen LogP contribution >= 0.6 is 0 Å². The van der Waals surface area contributed by atoms with E-state index in [9.17, 15) is 4.79 Å². The summed E-state index contributed by atoms with van der Waals surface area (Å²) in [7, 11) is 0. The molecular weight excluding hydrogens is 292 g/mol. The van der Waals surface area contributed by atoms with E-state index in [0.717, 1.165) is 19.3 Å². The van der Waals surface area contributed by atoms with E-state index in [0.29, 0.717) is 11.8 Å². The normalized spacial score (nSPS) is 25.0. The van der Waals surface area contributed by atoms with Gasteiger partial charge in [-0.15, -0.1) is 0 Å². The Hall–Kier alpha value is -0.650. The molecule has 23 heavy (non-hydrogen) atoms. The molecule has 1 aliphatic heterocycles. The molecule has 136 valence electrons. The molecule has 1 aliphatic rings. The number of ether oxygens (including phenoxy) is 1. The first-order valence-corrected chi connectivity index (χ1v) is 9.03. The Balaban J connectivity index is 2.55. The number of hydrogen-bond donors (Lipinski definition) is 3. The van der Waals surface area contributed by atoms with Crippen LogP contribution in [0.1, 0.15) is 79.6 Å². The highest BCUT2D eigenvalue weighted by molar-refractivity contribution is 5.66. The van der Waals surface area contributed by atoms with Gasteiger partial charge >= 0.3 is 5.97 Å². The highest BCUT2D eigenvalue weighted by Crippen LogP contribution is 2.37. The number of nitrogens with one attached hydrogen (secondary N) is 1. The maximum Gasteiger partial charge on any atom is 0.303 e. The monoisotopic (exact) mass is 328 g/mol. The van der Waals surface area contributed by atoms with E-state index in [1.807, 2.05) is 0 Å². The molecule has 0 bridgehead atoms. The Kier molecular flexibility index (Phi) is 7.49. The molecule has 0 aliphatic carbocycles. The fourth-order valence-corrected chi connectivity index (χ4v) is 3.95. The molecular formula is C18H36N2O3. The van der Waals surface area contributed by atoms with Crippen molar-refractivity contribution in [2.45, 2.75) is 103 Å². The third kappa shape index (κ3) is 7.19. The average Bonchev–Trinajstić information content (AvgIpc) is 3.13. The Labute approximate surface area is 141 Å². The van der Waals surface area contributed by atoms with Gasteiger partial charge in [-0.2, -0.15) is 0 Å². The number of carbonyl (C=O) groups is 1. The van der Waals surface area contributed by atoms with Gasteiger partial charge in [0, 0.05) is 18.0 Å². The maximum atomic E-state index is 10.6. The predicted octanol–water partition coefficient (Wildman–Crippen LogP) is 3.27.